The molecule has 0 aliphatic rings. The van der Waals surface area contributed by atoms with Gasteiger partial charge in [0, 0.05) is 0 Å². The molecule has 0 aliphatic carbocycles. The monoisotopic (exact) mass is 319 g/mol. The van der Waals surface area contributed by atoms with Crippen LogP contribution < -0.4 is 4.72 Å². The zero-order valence-electron chi connectivity index (χ0n) is 11.3. The van der Waals surface area contributed by atoms with Gasteiger partial charge in [-0.1, -0.05) is 12.1 Å². The molecular weight excluding hydrogens is 306 g/mol. The molecule has 2 rings (SSSR count). The van der Waals surface area contributed by atoms with Crippen molar-refractivity contribution < 1.29 is 8.42 Å². The molecule has 0 amide bonds. The van der Waals surface area contributed by atoms with Crippen molar-refractivity contribution in [3.8, 4) is 6.07 Å². The SMILES string of the molecule is CSc1ccc(NS(=O)(=O)Cc2ccc(C#N)cc2)cn1. The number of anilines is 1. The summed E-state index contributed by atoms with van der Waals surface area (Å²) in [6.45, 7) is 0. The number of aromatic nitrogens is 1. The first kappa shape index (κ1) is 15.4. The number of pyridine rings is 1. The van der Waals surface area contributed by atoms with Crippen LogP contribution in [-0.4, -0.2) is 19.7 Å². The number of hydrogen-bond acceptors (Lipinski definition) is 5. The molecule has 0 saturated carbocycles. The summed E-state index contributed by atoms with van der Waals surface area (Å²) in [5.41, 5.74) is 1.55. The van der Waals surface area contributed by atoms with Gasteiger partial charge in [0.05, 0.1) is 34.3 Å². The summed E-state index contributed by atoms with van der Waals surface area (Å²) in [4.78, 5) is 4.11. The Hall–Kier alpha value is -2.04. The molecule has 1 aromatic carbocycles. The number of thioether (sulfide) groups is 1. The Labute approximate surface area is 128 Å². The van der Waals surface area contributed by atoms with Crippen molar-refractivity contribution >= 4 is 27.5 Å². The zero-order chi connectivity index (χ0) is 15.3. The van der Waals surface area contributed by atoms with Crippen molar-refractivity contribution in [1.29, 1.82) is 5.26 Å². The third-order valence-electron chi connectivity index (χ3n) is 2.66. The van der Waals surface area contributed by atoms with Crippen LogP contribution in [0, 0.1) is 11.3 Å². The summed E-state index contributed by atoms with van der Waals surface area (Å²) in [6, 6.07) is 11.9. The zero-order valence-corrected chi connectivity index (χ0v) is 12.9. The standard InChI is InChI=1S/C14H13N3O2S2/c1-20-14-7-6-13(9-16-14)17-21(18,19)10-12-4-2-11(8-15)3-5-12/h2-7,9,17H,10H2,1H3. The van der Waals surface area contributed by atoms with Crippen LogP contribution in [0.25, 0.3) is 0 Å². The van der Waals surface area contributed by atoms with Crippen LogP contribution in [0.4, 0.5) is 5.69 Å². The highest BCUT2D eigenvalue weighted by atomic mass is 32.2. The fraction of sp³-hybridized carbons (Fsp3) is 0.143. The van der Waals surface area contributed by atoms with Gasteiger partial charge < -0.3 is 0 Å². The Bertz CT molecular complexity index is 748. The third-order valence-corrected chi connectivity index (χ3v) is 4.58. The Morgan fingerprint density at radius 1 is 1.24 bits per heavy atom. The lowest BCUT2D eigenvalue weighted by Crippen LogP contribution is -2.15. The molecule has 0 saturated heterocycles. The molecule has 0 atom stereocenters. The number of nitrogens with zero attached hydrogens (tertiary/aromatic N) is 2. The molecule has 1 N–H and O–H groups in total. The van der Waals surface area contributed by atoms with Gasteiger partial charge in [-0.2, -0.15) is 5.26 Å². The molecule has 21 heavy (non-hydrogen) atoms. The molecule has 0 radical (unpaired) electrons. The summed E-state index contributed by atoms with van der Waals surface area (Å²) in [5.74, 6) is -0.150. The predicted molar refractivity (Wildman–Crippen MR) is 83.4 cm³/mol. The summed E-state index contributed by atoms with van der Waals surface area (Å²) < 4.78 is 26.6. The molecule has 1 aromatic heterocycles. The van der Waals surface area contributed by atoms with Crippen LogP contribution in [0.15, 0.2) is 47.6 Å². The van der Waals surface area contributed by atoms with Gasteiger partial charge in [0.15, 0.2) is 0 Å². The van der Waals surface area contributed by atoms with Gasteiger partial charge in [-0.3, -0.25) is 4.72 Å². The Morgan fingerprint density at radius 3 is 2.48 bits per heavy atom. The number of sulfonamides is 1. The molecule has 0 bridgehead atoms. The minimum Gasteiger partial charge on any atom is -0.282 e. The Morgan fingerprint density at radius 2 is 1.95 bits per heavy atom. The molecule has 0 fully saturated rings. The van der Waals surface area contributed by atoms with Crippen LogP contribution in [0.3, 0.4) is 0 Å². The van der Waals surface area contributed by atoms with E-state index in [1.165, 1.54) is 18.0 Å². The van der Waals surface area contributed by atoms with Crippen molar-refractivity contribution in [3.05, 3.63) is 53.7 Å². The highest BCUT2D eigenvalue weighted by molar-refractivity contribution is 7.98. The molecule has 0 unspecified atom stereocenters. The quantitative estimate of drug-likeness (QED) is 0.857. The van der Waals surface area contributed by atoms with E-state index in [9.17, 15) is 8.42 Å². The molecule has 0 aliphatic heterocycles. The number of benzene rings is 1. The largest absolute Gasteiger partial charge is 0.282 e. The van der Waals surface area contributed by atoms with E-state index in [0.717, 1.165) is 5.03 Å². The first-order valence-corrected chi connectivity index (χ1v) is 8.90. The fourth-order valence-corrected chi connectivity index (χ4v) is 3.22. The van der Waals surface area contributed by atoms with Gasteiger partial charge >= 0.3 is 0 Å². The average Bonchev–Trinajstić information content (AvgIpc) is 2.48. The van der Waals surface area contributed by atoms with Gasteiger partial charge in [-0.05, 0) is 36.1 Å². The van der Waals surface area contributed by atoms with Gasteiger partial charge in [0.25, 0.3) is 0 Å². The maximum absolute atomic E-state index is 12.1. The molecule has 5 nitrogen and oxygen atoms in total. The molecule has 108 valence electrons. The second-order valence-electron chi connectivity index (χ2n) is 4.26. The smallest absolute Gasteiger partial charge is 0.236 e. The second kappa shape index (κ2) is 6.61. The molecule has 0 spiro atoms. The summed E-state index contributed by atoms with van der Waals surface area (Å²) in [7, 11) is -3.51. The first-order chi connectivity index (χ1) is 10.0. The van der Waals surface area contributed by atoms with Crippen LogP contribution in [0.2, 0.25) is 0 Å². The lowest BCUT2D eigenvalue weighted by atomic mass is 10.2. The van der Waals surface area contributed by atoms with E-state index in [0.29, 0.717) is 16.8 Å². The average molecular weight is 319 g/mol. The van der Waals surface area contributed by atoms with Crippen molar-refractivity contribution in [2.75, 3.05) is 11.0 Å². The molecule has 2 aromatic rings. The van der Waals surface area contributed by atoms with Crippen LogP contribution in [0.5, 0.6) is 0 Å². The summed E-state index contributed by atoms with van der Waals surface area (Å²) >= 11 is 1.49. The normalized spacial score (nSPS) is 10.9. The van der Waals surface area contributed by atoms with Crippen molar-refractivity contribution in [2.24, 2.45) is 0 Å². The predicted octanol–water partition coefficient (Wildman–Crippen LogP) is 2.62. The second-order valence-corrected chi connectivity index (χ2v) is 6.81. The van der Waals surface area contributed by atoms with Crippen LogP contribution in [0.1, 0.15) is 11.1 Å². The number of hydrogen-bond donors (Lipinski definition) is 1. The lowest BCUT2D eigenvalue weighted by molar-refractivity contribution is 0.600. The topological polar surface area (TPSA) is 82.9 Å². The molecule has 1 heterocycles. The van der Waals surface area contributed by atoms with Gasteiger partial charge in [-0.15, -0.1) is 11.8 Å². The van der Waals surface area contributed by atoms with Crippen molar-refractivity contribution in [1.82, 2.24) is 4.98 Å². The maximum atomic E-state index is 12.1. The Kier molecular flexibility index (Phi) is 4.83. The number of nitriles is 1. The first-order valence-electron chi connectivity index (χ1n) is 6.02. The third kappa shape index (κ3) is 4.48. The van der Waals surface area contributed by atoms with E-state index < -0.39 is 10.0 Å². The minimum atomic E-state index is -3.51. The van der Waals surface area contributed by atoms with Gasteiger partial charge in [0.2, 0.25) is 10.0 Å². The van der Waals surface area contributed by atoms with E-state index in [2.05, 4.69) is 9.71 Å². The highest BCUT2D eigenvalue weighted by Gasteiger charge is 2.12. The lowest BCUT2D eigenvalue weighted by Gasteiger charge is -2.08. The van der Waals surface area contributed by atoms with Crippen LogP contribution in [-0.2, 0) is 15.8 Å². The number of rotatable bonds is 5. The van der Waals surface area contributed by atoms with Gasteiger partial charge in [-0.25, -0.2) is 13.4 Å². The van der Waals surface area contributed by atoms with Gasteiger partial charge in [0.1, 0.15) is 0 Å². The van der Waals surface area contributed by atoms with E-state index >= 15 is 0 Å². The Balaban J connectivity index is 2.08. The maximum Gasteiger partial charge on any atom is 0.236 e. The fourth-order valence-electron chi connectivity index (χ4n) is 1.67. The van der Waals surface area contributed by atoms with E-state index in [1.54, 1.807) is 36.4 Å². The number of nitrogens with one attached hydrogen (secondary N) is 1. The van der Waals surface area contributed by atoms with Crippen molar-refractivity contribution in [2.45, 2.75) is 10.8 Å². The van der Waals surface area contributed by atoms with E-state index in [1.807, 2.05) is 12.3 Å². The molecular formula is C14H13N3O2S2. The summed E-state index contributed by atoms with van der Waals surface area (Å²) in [6.07, 6.45) is 3.39. The molecule has 7 heteroatoms. The summed E-state index contributed by atoms with van der Waals surface area (Å²) in [5, 5.41) is 9.53. The highest BCUT2D eigenvalue weighted by Crippen LogP contribution is 2.16. The minimum absolute atomic E-state index is 0.150. The van der Waals surface area contributed by atoms with Crippen LogP contribution >= 0.6 is 11.8 Å². The van der Waals surface area contributed by atoms with Crippen molar-refractivity contribution in [3.63, 3.8) is 0 Å². The van der Waals surface area contributed by atoms with E-state index in [4.69, 9.17) is 5.26 Å². The van der Waals surface area contributed by atoms with E-state index in [-0.39, 0.29) is 5.75 Å².